The quantitative estimate of drug-likeness (QED) is 0.762. The predicted molar refractivity (Wildman–Crippen MR) is 70.8 cm³/mol. The summed E-state index contributed by atoms with van der Waals surface area (Å²) in [6, 6.07) is 11.5. The lowest BCUT2D eigenvalue weighted by atomic mass is 10.0. The Hall–Kier alpha value is -1.06. The van der Waals surface area contributed by atoms with E-state index >= 15 is 0 Å². The first-order valence-corrected chi connectivity index (χ1v) is 6.16. The van der Waals surface area contributed by atoms with Gasteiger partial charge in [0.2, 0.25) is 0 Å². The minimum atomic E-state index is 0.257. The average molecular weight is 234 g/mol. The molecule has 0 radical (unpaired) electrons. The van der Waals surface area contributed by atoms with Crippen molar-refractivity contribution in [3.05, 3.63) is 42.0 Å². The Morgan fingerprint density at radius 3 is 2.67 bits per heavy atom. The van der Waals surface area contributed by atoms with Crippen molar-refractivity contribution in [3.8, 4) is 5.75 Å². The minimum Gasteiger partial charge on any atom is -0.507 e. The number of hydrogen-bond donors (Lipinski definition) is 1. The van der Waals surface area contributed by atoms with E-state index < -0.39 is 0 Å². The zero-order valence-electron chi connectivity index (χ0n) is 8.23. The van der Waals surface area contributed by atoms with Crippen molar-refractivity contribution < 1.29 is 5.11 Å². The number of rotatable bonds is 1. The summed E-state index contributed by atoms with van der Waals surface area (Å²) < 4.78 is 0.726. The lowest BCUT2D eigenvalue weighted by molar-refractivity contribution is 0.475. The van der Waals surface area contributed by atoms with Crippen LogP contribution in [-0.2, 0) is 0 Å². The summed E-state index contributed by atoms with van der Waals surface area (Å²) in [4.78, 5) is 0. The number of thiocarbonyl (C=S) groups is 1. The minimum absolute atomic E-state index is 0.257. The molecule has 76 valence electrons. The molecule has 0 bridgehead atoms. The van der Waals surface area contributed by atoms with Crippen molar-refractivity contribution in [3.63, 3.8) is 0 Å². The Labute approximate surface area is 98.1 Å². The molecule has 15 heavy (non-hydrogen) atoms. The number of phenols is 1. The summed E-state index contributed by atoms with van der Waals surface area (Å²) in [7, 11) is 0. The molecule has 0 fully saturated rings. The van der Waals surface area contributed by atoms with Crippen LogP contribution in [0.2, 0.25) is 0 Å². The largest absolute Gasteiger partial charge is 0.507 e. The summed E-state index contributed by atoms with van der Waals surface area (Å²) in [6.07, 6.45) is 1.92. The number of thioether (sulfide) groups is 1. The third-order valence-corrected chi connectivity index (χ3v) is 3.58. The maximum Gasteiger partial charge on any atom is 0.125 e. The van der Waals surface area contributed by atoms with Crippen LogP contribution in [0.25, 0.3) is 10.8 Å². The fourth-order valence-electron chi connectivity index (χ4n) is 1.58. The molecule has 0 heterocycles. The van der Waals surface area contributed by atoms with E-state index in [1.54, 1.807) is 6.07 Å². The van der Waals surface area contributed by atoms with Gasteiger partial charge in [-0.2, -0.15) is 0 Å². The molecule has 2 rings (SSSR count). The van der Waals surface area contributed by atoms with Crippen LogP contribution >= 0.6 is 24.0 Å². The number of hydrogen-bond acceptors (Lipinski definition) is 3. The van der Waals surface area contributed by atoms with Gasteiger partial charge < -0.3 is 5.11 Å². The second kappa shape index (κ2) is 4.21. The van der Waals surface area contributed by atoms with Gasteiger partial charge in [0.1, 0.15) is 5.75 Å². The zero-order valence-corrected chi connectivity index (χ0v) is 9.86. The summed E-state index contributed by atoms with van der Waals surface area (Å²) in [5.41, 5.74) is 0.774. The second-order valence-corrected chi connectivity index (χ2v) is 4.66. The number of benzene rings is 2. The standard InChI is InChI=1S/C12H10OS2/c1-15-12(14)11-9-5-3-2-4-8(9)6-7-10(11)13/h2-7,13H,1H3. The lowest BCUT2D eigenvalue weighted by Gasteiger charge is -2.08. The molecule has 0 aromatic heterocycles. The molecular weight excluding hydrogens is 224 g/mol. The van der Waals surface area contributed by atoms with E-state index in [0.29, 0.717) is 0 Å². The molecule has 3 heteroatoms. The molecule has 1 nitrogen and oxygen atoms in total. The van der Waals surface area contributed by atoms with Gasteiger partial charge in [-0.15, -0.1) is 11.8 Å². The summed E-state index contributed by atoms with van der Waals surface area (Å²) in [5, 5.41) is 11.9. The fraction of sp³-hybridized carbons (Fsp3) is 0.0833. The van der Waals surface area contributed by atoms with E-state index in [1.165, 1.54) is 11.8 Å². The zero-order chi connectivity index (χ0) is 10.8. The van der Waals surface area contributed by atoms with E-state index in [4.69, 9.17) is 12.2 Å². The van der Waals surface area contributed by atoms with Gasteiger partial charge >= 0.3 is 0 Å². The Morgan fingerprint density at radius 1 is 1.20 bits per heavy atom. The predicted octanol–water partition coefficient (Wildman–Crippen LogP) is 3.58. The number of aromatic hydroxyl groups is 1. The SMILES string of the molecule is CSC(=S)c1c(O)ccc2ccccc12. The van der Waals surface area contributed by atoms with Crippen molar-refractivity contribution >= 4 is 38.9 Å². The van der Waals surface area contributed by atoms with Gasteiger partial charge in [-0.05, 0) is 23.1 Å². The molecule has 2 aromatic carbocycles. The van der Waals surface area contributed by atoms with Crippen molar-refractivity contribution in [2.24, 2.45) is 0 Å². The van der Waals surface area contributed by atoms with Gasteiger partial charge in [-0.1, -0.05) is 42.5 Å². The number of phenolic OH excluding ortho intramolecular Hbond substituents is 1. The first-order valence-electron chi connectivity index (χ1n) is 4.53. The van der Waals surface area contributed by atoms with Crippen LogP contribution in [0.5, 0.6) is 5.75 Å². The third-order valence-electron chi connectivity index (χ3n) is 2.30. The smallest absolute Gasteiger partial charge is 0.125 e. The monoisotopic (exact) mass is 234 g/mol. The highest BCUT2D eigenvalue weighted by molar-refractivity contribution is 8.23. The first kappa shape index (κ1) is 10.5. The molecule has 0 amide bonds. The van der Waals surface area contributed by atoms with Crippen LogP contribution in [0, 0.1) is 0 Å². The van der Waals surface area contributed by atoms with Gasteiger partial charge in [0.25, 0.3) is 0 Å². The third kappa shape index (κ3) is 1.85. The molecule has 2 aromatic rings. The van der Waals surface area contributed by atoms with E-state index in [9.17, 15) is 5.11 Å². The van der Waals surface area contributed by atoms with Crippen LogP contribution in [0.3, 0.4) is 0 Å². The highest BCUT2D eigenvalue weighted by atomic mass is 32.2. The van der Waals surface area contributed by atoms with Crippen molar-refractivity contribution in [1.82, 2.24) is 0 Å². The van der Waals surface area contributed by atoms with Gasteiger partial charge in [0, 0.05) is 5.56 Å². The van der Waals surface area contributed by atoms with Crippen LogP contribution in [0.15, 0.2) is 36.4 Å². The van der Waals surface area contributed by atoms with Crippen molar-refractivity contribution in [1.29, 1.82) is 0 Å². The molecule has 0 saturated carbocycles. The van der Waals surface area contributed by atoms with Crippen molar-refractivity contribution in [2.75, 3.05) is 6.26 Å². The van der Waals surface area contributed by atoms with Crippen LogP contribution in [0.1, 0.15) is 5.56 Å². The van der Waals surface area contributed by atoms with Gasteiger partial charge in [0.15, 0.2) is 0 Å². The number of fused-ring (bicyclic) bond motifs is 1. The maximum absolute atomic E-state index is 9.81. The molecule has 0 atom stereocenters. The second-order valence-electron chi connectivity index (χ2n) is 3.17. The molecule has 0 aliphatic carbocycles. The normalized spacial score (nSPS) is 10.5. The summed E-state index contributed by atoms with van der Waals surface area (Å²) in [6.45, 7) is 0. The highest BCUT2D eigenvalue weighted by Gasteiger charge is 2.10. The highest BCUT2D eigenvalue weighted by Crippen LogP contribution is 2.30. The molecule has 0 spiro atoms. The molecule has 0 unspecified atom stereocenters. The molecule has 1 N–H and O–H groups in total. The summed E-state index contributed by atoms with van der Waals surface area (Å²) in [5.74, 6) is 0.257. The van der Waals surface area contributed by atoms with Crippen molar-refractivity contribution in [2.45, 2.75) is 0 Å². The molecule has 0 saturated heterocycles. The van der Waals surface area contributed by atoms with Gasteiger partial charge in [-0.3, -0.25) is 0 Å². The Kier molecular flexibility index (Phi) is 2.93. The first-order chi connectivity index (χ1) is 7.24. The maximum atomic E-state index is 9.81. The average Bonchev–Trinajstić information content (AvgIpc) is 2.28. The van der Waals surface area contributed by atoms with E-state index in [0.717, 1.165) is 20.5 Å². The Balaban J connectivity index is 2.79. The van der Waals surface area contributed by atoms with Crippen LogP contribution in [0.4, 0.5) is 0 Å². The topological polar surface area (TPSA) is 20.2 Å². The van der Waals surface area contributed by atoms with Gasteiger partial charge in [-0.25, -0.2) is 0 Å². The van der Waals surface area contributed by atoms with Crippen LogP contribution in [-0.4, -0.2) is 15.6 Å². The fourth-order valence-corrected chi connectivity index (χ4v) is 2.21. The molecular formula is C12H10OS2. The molecule has 0 aliphatic heterocycles. The Morgan fingerprint density at radius 2 is 1.93 bits per heavy atom. The van der Waals surface area contributed by atoms with E-state index in [-0.39, 0.29) is 5.75 Å². The summed E-state index contributed by atoms with van der Waals surface area (Å²) >= 11 is 6.72. The van der Waals surface area contributed by atoms with Crippen LogP contribution < -0.4 is 0 Å². The Bertz CT molecular complexity index is 520. The van der Waals surface area contributed by atoms with Gasteiger partial charge in [0.05, 0.1) is 4.20 Å². The van der Waals surface area contributed by atoms with E-state index in [1.807, 2.05) is 36.6 Å². The molecule has 0 aliphatic rings. The lowest BCUT2D eigenvalue weighted by Crippen LogP contribution is -1.93. The van der Waals surface area contributed by atoms with E-state index in [2.05, 4.69) is 0 Å².